The van der Waals surface area contributed by atoms with Crippen molar-refractivity contribution in [2.75, 3.05) is 26.7 Å². The summed E-state index contributed by atoms with van der Waals surface area (Å²) in [6.07, 6.45) is 3.45. The van der Waals surface area contributed by atoms with E-state index in [1.807, 2.05) is 7.05 Å². The van der Waals surface area contributed by atoms with Crippen molar-refractivity contribution in [1.82, 2.24) is 4.90 Å². The van der Waals surface area contributed by atoms with Crippen LogP contribution in [-0.4, -0.2) is 42.9 Å². The van der Waals surface area contributed by atoms with Crippen molar-refractivity contribution in [3.05, 3.63) is 30.1 Å². The molecule has 1 unspecified atom stereocenters. The highest BCUT2D eigenvalue weighted by Gasteiger charge is 2.20. The molecule has 19 heavy (non-hydrogen) atoms. The van der Waals surface area contributed by atoms with E-state index in [0.717, 1.165) is 12.5 Å². The molecule has 0 radical (unpaired) electrons. The second-order valence-corrected chi connectivity index (χ2v) is 5.44. The van der Waals surface area contributed by atoms with Crippen LogP contribution in [0.3, 0.4) is 0 Å². The zero-order valence-corrected chi connectivity index (χ0v) is 11.4. The van der Waals surface area contributed by atoms with Crippen molar-refractivity contribution in [2.45, 2.75) is 25.4 Å². The van der Waals surface area contributed by atoms with Crippen molar-refractivity contribution >= 4 is 0 Å². The molecule has 3 nitrogen and oxygen atoms in total. The van der Waals surface area contributed by atoms with Crippen molar-refractivity contribution in [3.63, 3.8) is 0 Å². The first-order valence-electron chi connectivity index (χ1n) is 6.88. The third-order valence-electron chi connectivity index (χ3n) is 3.57. The van der Waals surface area contributed by atoms with E-state index < -0.39 is 6.10 Å². The molecule has 0 aromatic heterocycles. The van der Waals surface area contributed by atoms with E-state index in [1.54, 1.807) is 12.1 Å². The normalized spacial score (nSPS) is 17.3. The van der Waals surface area contributed by atoms with Gasteiger partial charge in [0.05, 0.1) is 0 Å². The molecule has 1 fully saturated rings. The Labute approximate surface area is 114 Å². The Morgan fingerprint density at radius 2 is 2.05 bits per heavy atom. The number of halogens is 1. The van der Waals surface area contributed by atoms with E-state index in [1.165, 1.54) is 31.4 Å². The Morgan fingerprint density at radius 3 is 2.63 bits per heavy atom. The highest BCUT2D eigenvalue weighted by atomic mass is 19.1. The summed E-state index contributed by atoms with van der Waals surface area (Å²) < 4.78 is 18.1. The Balaban J connectivity index is 1.65. The van der Waals surface area contributed by atoms with Crippen molar-refractivity contribution in [2.24, 2.45) is 5.92 Å². The van der Waals surface area contributed by atoms with Crippen LogP contribution in [-0.2, 0) is 0 Å². The number of benzene rings is 1. The second kappa shape index (κ2) is 6.87. The maximum Gasteiger partial charge on any atom is 0.123 e. The molecular weight excluding hydrogens is 245 g/mol. The number of nitrogens with zero attached hydrogens (tertiary/aromatic N) is 1. The average Bonchev–Trinajstić information content (AvgIpc) is 2.33. The van der Waals surface area contributed by atoms with Gasteiger partial charge in [-0.15, -0.1) is 0 Å². The van der Waals surface area contributed by atoms with E-state index in [2.05, 4.69) is 4.90 Å². The second-order valence-electron chi connectivity index (χ2n) is 5.44. The molecule has 1 aliphatic carbocycles. The zero-order valence-electron chi connectivity index (χ0n) is 11.4. The predicted octanol–water partition coefficient (Wildman–Crippen LogP) is 2.30. The van der Waals surface area contributed by atoms with E-state index in [-0.39, 0.29) is 12.4 Å². The summed E-state index contributed by atoms with van der Waals surface area (Å²) >= 11 is 0. The van der Waals surface area contributed by atoms with Gasteiger partial charge in [0.25, 0.3) is 0 Å². The van der Waals surface area contributed by atoms with Gasteiger partial charge in [-0.1, -0.05) is 6.42 Å². The fourth-order valence-electron chi connectivity index (χ4n) is 2.33. The van der Waals surface area contributed by atoms with Crippen LogP contribution < -0.4 is 4.74 Å². The molecule has 0 bridgehead atoms. The van der Waals surface area contributed by atoms with E-state index >= 15 is 0 Å². The summed E-state index contributed by atoms with van der Waals surface area (Å²) in [4.78, 5) is 2.16. The summed E-state index contributed by atoms with van der Waals surface area (Å²) in [5.74, 6) is 1.10. The number of hydrogen-bond donors (Lipinski definition) is 1. The minimum absolute atomic E-state index is 0.237. The monoisotopic (exact) mass is 267 g/mol. The topological polar surface area (TPSA) is 32.7 Å². The Morgan fingerprint density at radius 1 is 1.37 bits per heavy atom. The lowest BCUT2D eigenvalue weighted by Gasteiger charge is -2.31. The van der Waals surface area contributed by atoms with Crippen molar-refractivity contribution in [3.8, 4) is 5.75 Å². The first-order chi connectivity index (χ1) is 9.13. The van der Waals surface area contributed by atoms with E-state index in [4.69, 9.17) is 4.74 Å². The van der Waals surface area contributed by atoms with Crippen LogP contribution in [0.4, 0.5) is 4.39 Å². The van der Waals surface area contributed by atoms with Crippen LogP contribution >= 0.6 is 0 Å². The summed E-state index contributed by atoms with van der Waals surface area (Å²) in [5, 5.41) is 9.90. The third kappa shape index (κ3) is 4.80. The summed E-state index contributed by atoms with van der Waals surface area (Å²) in [6.45, 7) is 1.89. The molecule has 0 amide bonds. The van der Waals surface area contributed by atoms with Gasteiger partial charge in [-0.25, -0.2) is 4.39 Å². The lowest BCUT2D eigenvalue weighted by molar-refractivity contribution is 0.0665. The average molecular weight is 267 g/mol. The van der Waals surface area contributed by atoms with Gasteiger partial charge in [-0.05, 0) is 50.1 Å². The van der Waals surface area contributed by atoms with Gasteiger partial charge >= 0.3 is 0 Å². The number of hydrogen-bond acceptors (Lipinski definition) is 3. The highest BCUT2D eigenvalue weighted by Crippen LogP contribution is 2.26. The zero-order chi connectivity index (χ0) is 13.7. The molecule has 0 saturated heterocycles. The quantitative estimate of drug-likeness (QED) is 0.823. The number of likely N-dealkylation sites (N-methyl/N-ethyl adjacent to an activating group) is 1. The van der Waals surface area contributed by atoms with E-state index in [9.17, 15) is 9.50 Å². The Bertz CT molecular complexity index is 378. The van der Waals surface area contributed by atoms with E-state index in [0.29, 0.717) is 12.3 Å². The minimum Gasteiger partial charge on any atom is -0.491 e. The van der Waals surface area contributed by atoms with Gasteiger partial charge in [0.15, 0.2) is 0 Å². The highest BCUT2D eigenvalue weighted by molar-refractivity contribution is 5.22. The molecule has 1 aromatic rings. The van der Waals surface area contributed by atoms with Gasteiger partial charge in [0.1, 0.15) is 24.3 Å². The molecule has 2 rings (SSSR count). The smallest absolute Gasteiger partial charge is 0.123 e. The molecule has 0 spiro atoms. The van der Waals surface area contributed by atoms with Crippen LogP contribution in [0.25, 0.3) is 0 Å². The maximum atomic E-state index is 12.7. The molecular formula is C15H22FNO2. The molecule has 1 saturated carbocycles. The molecule has 1 N–H and O–H groups in total. The van der Waals surface area contributed by atoms with Crippen LogP contribution in [0, 0.1) is 11.7 Å². The largest absolute Gasteiger partial charge is 0.491 e. The minimum atomic E-state index is -0.518. The SMILES string of the molecule is CN(CC(O)COc1ccc(F)cc1)CC1CCC1. The van der Waals surface area contributed by atoms with Gasteiger partial charge in [-0.2, -0.15) is 0 Å². The molecule has 0 aliphatic heterocycles. The van der Waals surface area contributed by atoms with Crippen LogP contribution in [0.2, 0.25) is 0 Å². The van der Waals surface area contributed by atoms with Gasteiger partial charge in [0.2, 0.25) is 0 Å². The van der Waals surface area contributed by atoms with Crippen LogP contribution in [0.15, 0.2) is 24.3 Å². The predicted molar refractivity (Wildman–Crippen MR) is 72.7 cm³/mol. The Hall–Kier alpha value is -1.13. The molecule has 1 aliphatic rings. The Kier molecular flexibility index (Phi) is 5.16. The van der Waals surface area contributed by atoms with Gasteiger partial charge in [-0.3, -0.25) is 0 Å². The summed E-state index contributed by atoms with van der Waals surface area (Å²) in [5.41, 5.74) is 0. The maximum absolute atomic E-state index is 12.7. The van der Waals surface area contributed by atoms with Crippen molar-refractivity contribution in [1.29, 1.82) is 0 Å². The van der Waals surface area contributed by atoms with Crippen LogP contribution in [0.5, 0.6) is 5.75 Å². The number of rotatable bonds is 7. The standard InChI is InChI=1S/C15H22FNO2/c1-17(9-12-3-2-4-12)10-14(18)11-19-15-7-5-13(16)6-8-15/h5-8,12,14,18H,2-4,9-11H2,1H3. The molecule has 0 heterocycles. The van der Waals surface area contributed by atoms with Crippen molar-refractivity contribution < 1.29 is 14.2 Å². The molecule has 4 heteroatoms. The van der Waals surface area contributed by atoms with Gasteiger partial charge < -0.3 is 14.7 Å². The molecule has 1 aromatic carbocycles. The fraction of sp³-hybridized carbons (Fsp3) is 0.600. The molecule has 106 valence electrons. The van der Waals surface area contributed by atoms with Gasteiger partial charge in [0, 0.05) is 13.1 Å². The lowest BCUT2D eigenvalue weighted by atomic mass is 9.85. The fourth-order valence-corrected chi connectivity index (χ4v) is 2.33. The number of ether oxygens (including phenoxy) is 1. The first kappa shape index (κ1) is 14.3. The molecule has 1 atom stereocenters. The third-order valence-corrected chi connectivity index (χ3v) is 3.57. The number of aliphatic hydroxyl groups excluding tert-OH is 1. The summed E-state index contributed by atoms with van der Waals surface area (Å²) in [7, 11) is 2.03. The lowest BCUT2D eigenvalue weighted by Crippen LogP contribution is -2.37. The first-order valence-corrected chi connectivity index (χ1v) is 6.88. The van der Waals surface area contributed by atoms with Crippen LogP contribution in [0.1, 0.15) is 19.3 Å². The number of aliphatic hydroxyl groups is 1. The summed E-state index contributed by atoms with van der Waals surface area (Å²) in [6, 6.07) is 5.84.